The van der Waals surface area contributed by atoms with Crippen LogP contribution in [0.4, 0.5) is 0 Å². The quantitative estimate of drug-likeness (QED) is 0.791. The van der Waals surface area contributed by atoms with Gasteiger partial charge in [-0.3, -0.25) is 14.4 Å². The lowest BCUT2D eigenvalue weighted by Crippen LogP contribution is -2.44. The molecule has 0 aromatic rings. The molecule has 2 fully saturated rings. The van der Waals surface area contributed by atoms with Gasteiger partial charge in [-0.05, 0) is 26.2 Å². The van der Waals surface area contributed by atoms with Crippen LogP contribution >= 0.6 is 0 Å². The maximum atomic E-state index is 12.5. The van der Waals surface area contributed by atoms with Gasteiger partial charge in [0.05, 0.1) is 17.3 Å². The van der Waals surface area contributed by atoms with E-state index >= 15 is 0 Å². The third-order valence-corrected chi connectivity index (χ3v) is 4.78. The Kier molecular flexibility index (Phi) is 4.01. The smallest absolute Gasteiger partial charge is 0.307 e. The number of carboxylic acids is 1. The van der Waals surface area contributed by atoms with Crippen molar-refractivity contribution in [1.82, 2.24) is 4.90 Å². The third-order valence-electron chi connectivity index (χ3n) is 4.78. The number of rotatable bonds is 3. The van der Waals surface area contributed by atoms with Gasteiger partial charge in [-0.1, -0.05) is 12.8 Å². The molecule has 112 valence electrons. The standard InChI is InChI=1S/C14H22N2O4/c1-14(13(15)20)6-7-16(8-14)11(17)9-4-2-3-5-10(9)12(18)19/h9-10H,2-8H2,1H3,(H2,15,20)(H,18,19). The van der Waals surface area contributed by atoms with Gasteiger partial charge in [0.25, 0.3) is 0 Å². The van der Waals surface area contributed by atoms with Crippen LogP contribution in [0.5, 0.6) is 0 Å². The molecule has 0 radical (unpaired) electrons. The Bertz CT molecular complexity index is 437. The predicted molar refractivity (Wildman–Crippen MR) is 71.6 cm³/mol. The highest BCUT2D eigenvalue weighted by molar-refractivity contribution is 5.87. The maximum Gasteiger partial charge on any atom is 0.307 e. The second-order valence-electron chi connectivity index (χ2n) is 6.27. The van der Waals surface area contributed by atoms with E-state index in [4.69, 9.17) is 5.73 Å². The molecule has 0 spiro atoms. The SMILES string of the molecule is CC1(C(N)=O)CCN(C(=O)C2CCCCC2C(=O)O)C1. The first kappa shape index (κ1) is 14.8. The Hall–Kier alpha value is -1.59. The molecule has 6 nitrogen and oxygen atoms in total. The lowest BCUT2D eigenvalue weighted by Gasteiger charge is -2.31. The molecule has 1 aliphatic carbocycles. The molecule has 2 rings (SSSR count). The lowest BCUT2D eigenvalue weighted by molar-refractivity contribution is -0.152. The number of hydrogen-bond donors (Lipinski definition) is 2. The molecule has 1 aliphatic heterocycles. The molecule has 1 saturated carbocycles. The van der Waals surface area contributed by atoms with Gasteiger partial charge in [-0.2, -0.15) is 0 Å². The van der Waals surface area contributed by atoms with Gasteiger partial charge in [0.15, 0.2) is 0 Å². The van der Waals surface area contributed by atoms with Gasteiger partial charge >= 0.3 is 5.97 Å². The summed E-state index contributed by atoms with van der Waals surface area (Å²) < 4.78 is 0. The monoisotopic (exact) mass is 282 g/mol. The summed E-state index contributed by atoms with van der Waals surface area (Å²) in [5.74, 6) is -2.44. The number of hydrogen-bond acceptors (Lipinski definition) is 3. The molecule has 1 heterocycles. The van der Waals surface area contributed by atoms with Crippen LogP contribution < -0.4 is 5.73 Å². The molecule has 6 heteroatoms. The molecule has 0 aromatic heterocycles. The summed E-state index contributed by atoms with van der Waals surface area (Å²) in [4.78, 5) is 36.9. The summed E-state index contributed by atoms with van der Waals surface area (Å²) >= 11 is 0. The molecule has 3 N–H and O–H groups in total. The summed E-state index contributed by atoms with van der Waals surface area (Å²) in [5, 5.41) is 9.25. The summed E-state index contributed by atoms with van der Waals surface area (Å²) in [5.41, 5.74) is 4.70. The fourth-order valence-electron chi connectivity index (χ4n) is 3.31. The Labute approximate surface area is 118 Å². The molecular weight excluding hydrogens is 260 g/mol. The molecular formula is C14H22N2O4. The van der Waals surface area contributed by atoms with Crippen LogP contribution in [0.25, 0.3) is 0 Å². The number of likely N-dealkylation sites (tertiary alicyclic amines) is 1. The van der Waals surface area contributed by atoms with Crippen LogP contribution in [0.1, 0.15) is 39.0 Å². The van der Waals surface area contributed by atoms with Crippen molar-refractivity contribution in [2.24, 2.45) is 23.0 Å². The molecule has 20 heavy (non-hydrogen) atoms. The van der Waals surface area contributed by atoms with Gasteiger partial charge < -0.3 is 15.7 Å². The second-order valence-corrected chi connectivity index (χ2v) is 6.27. The minimum Gasteiger partial charge on any atom is -0.481 e. The highest BCUT2D eigenvalue weighted by Crippen LogP contribution is 2.35. The summed E-state index contributed by atoms with van der Waals surface area (Å²) in [6.07, 6.45) is 3.49. The van der Waals surface area contributed by atoms with Crippen molar-refractivity contribution in [1.29, 1.82) is 0 Å². The van der Waals surface area contributed by atoms with Gasteiger partial charge in [0.1, 0.15) is 0 Å². The van der Waals surface area contributed by atoms with E-state index in [1.54, 1.807) is 11.8 Å². The normalized spacial score (nSPS) is 34.0. The van der Waals surface area contributed by atoms with Crippen molar-refractivity contribution in [3.63, 3.8) is 0 Å². The number of nitrogens with zero attached hydrogens (tertiary/aromatic N) is 1. The maximum absolute atomic E-state index is 12.5. The van der Waals surface area contributed by atoms with Crippen LogP contribution in [0.3, 0.4) is 0 Å². The summed E-state index contributed by atoms with van der Waals surface area (Å²) in [7, 11) is 0. The number of nitrogens with two attached hydrogens (primary N) is 1. The number of aliphatic carboxylic acids is 1. The first-order chi connectivity index (χ1) is 9.35. The van der Waals surface area contributed by atoms with Gasteiger partial charge in [0.2, 0.25) is 11.8 Å². The topological polar surface area (TPSA) is 101 Å². The molecule has 0 aromatic carbocycles. The average molecular weight is 282 g/mol. The summed E-state index contributed by atoms with van der Waals surface area (Å²) in [6, 6.07) is 0. The highest BCUT2D eigenvalue weighted by Gasteiger charge is 2.44. The zero-order valence-corrected chi connectivity index (χ0v) is 11.8. The first-order valence-electron chi connectivity index (χ1n) is 7.17. The zero-order valence-electron chi connectivity index (χ0n) is 11.8. The molecule has 3 unspecified atom stereocenters. The third kappa shape index (κ3) is 2.64. The van der Waals surface area contributed by atoms with Crippen LogP contribution in [-0.2, 0) is 14.4 Å². The van der Waals surface area contributed by atoms with Crippen molar-refractivity contribution in [2.45, 2.75) is 39.0 Å². The Morgan fingerprint density at radius 3 is 2.30 bits per heavy atom. The van der Waals surface area contributed by atoms with Crippen molar-refractivity contribution in [3.8, 4) is 0 Å². The summed E-state index contributed by atoms with van der Waals surface area (Å²) in [6.45, 7) is 2.56. The van der Waals surface area contributed by atoms with E-state index in [2.05, 4.69) is 0 Å². The molecule has 0 bridgehead atoms. The predicted octanol–water partition coefficient (Wildman–Crippen LogP) is 0.601. The average Bonchev–Trinajstić information content (AvgIpc) is 2.82. The molecule has 2 amide bonds. The Morgan fingerprint density at radius 1 is 1.20 bits per heavy atom. The first-order valence-corrected chi connectivity index (χ1v) is 7.17. The van der Waals surface area contributed by atoms with Crippen LogP contribution in [0.2, 0.25) is 0 Å². The van der Waals surface area contributed by atoms with E-state index in [0.29, 0.717) is 32.4 Å². The van der Waals surface area contributed by atoms with Crippen LogP contribution in [0, 0.1) is 17.3 Å². The molecule has 2 aliphatic rings. The Morgan fingerprint density at radius 2 is 1.80 bits per heavy atom. The van der Waals surface area contributed by atoms with E-state index in [1.165, 1.54) is 0 Å². The van der Waals surface area contributed by atoms with E-state index in [9.17, 15) is 19.5 Å². The zero-order chi connectivity index (χ0) is 14.9. The fraction of sp³-hybridized carbons (Fsp3) is 0.786. The van der Waals surface area contributed by atoms with E-state index in [-0.39, 0.29) is 5.91 Å². The van der Waals surface area contributed by atoms with Gasteiger partial charge in [-0.15, -0.1) is 0 Å². The number of carboxylic acid groups (broad SMARTS) is 1. The second kappa shape index (κ2) is 5.42. The highest BCUT2D eigenvalue weighted by atomic mass is 16.4. The number of carbonyl (C=O) groups excluding carboxylic acids is 2. The van der Waals surface area contributed by atoms with Crippen LogP contribution in [0.15, 0.2) is 0 Å². The van der Waals surface area contributed by atoms with E-state index < -0.39 is 29.1 Å². The molecule has 1 saturated heterocycles. The minimum atomic E-state index is -0.889. The lowest BCUT2D eigenvalue weighted by atomic mass is 9.78. The largest absolute Gasteiger partial charge is 0.481 e. The van der Waals surface area contributed by atoms with Gasteiger partial charge in [0, 0.05) is 13.1 Å². The Balaban J connectivity index is 2.08. The van der Waals surface area contributed by atoms with Crippen LogP contribution in [-0.4, -0.2) is 40.9 Å². The van der Waals surface area contributed by atoms with Crippen molar-refractivity contribution >= 4 is 17.8 Å². The number of amides is 2. The van der Waals surface area contributed by atoms with E-state index in [0.717, 1.165) is 12.8 Å². The van der Waals surface area contributed by atoms with Crippen molar-refractivity contribution in [2.75, 3.05) is 13.1 Å². The van der Waals surface area contributed by atoms with E-state index in [1.807, 2.05) is 0 Å². The fourth-order valence-corrected chi connectivity index (χ4v) is 3.31. The molecule has 3 atom stereocenters. The minimum absolute atomic E-state index is 0.123. The van der Waals surface area contributed by atoms with Crippen molar-refractivity contribution in [3.05, 3.63) is 0 Å². The van der Waals surface area contributed by atoms with Crippen molar-refractivity contribution < 1.29 is 19.5 Å². The van der Waals surface area contributed by atoms with Gasteiger partial charge in [-0.25, -0.2) is 0 Å². The number of primary amides is 1. The number of carbonyl (C=O) groups is 3.